The van der Waals surface area contributed by atoms with Crippen LogP contribution in [-0.4, -0.2) is 60.3 Å². The number of nitrogens with zero attached hydrogens (tertiary/aromatic N) is 4. The second-order valence-corrected chi connectivity index (χ2v) is 6.66. The van der Waals surface area contributed by atoms with Crippen molar-refractivity contribution in [3.63, 3.8) is 0 Å². The summed E-state index contributed by atoms with van der Waals surface area (Å²) >= 11 is 0. The van der Waals surface area contributed by atoms with Gasteiger partial charge in [-0.1, -0.05) is 0 Å². The summed E-state index contributed by atoms with van der Waals surface area (Å²) in [6.07, 6.45) is 1.10. The van der Waals surface area contributed by atoms with Gasteiger partial charge in [0.15, 0.2) is 0 Å². The van der Waals surface area contributed by atoms with Crippen molar-refractivity contribution >= 4 is 17.7 Å². The number of rotatable bonds is 2. The maximum atomic E-state index is 12.2. The molecule has 8 nitrogen and oxygen atoms in total. The molecule has 2 rings (SSSR count). The van der Waals surface area contributed by atoms with Crippen molar-refractivity contribution in [2.24, 2.45) is 0 Å². The van der Waals surface area contributed by atoms with Crippen LogP contribution in [-0.2, 0) is 9.47 Å². The fourth-order valence-electron chi connectivity index (χ4n) is 2.48. The van der Waals surface area contributed by atoms with E-state index in [2.05, 4.69) is 15.8 Å². The normalized spacial score (nSPS) is 17.6. The van der Waals surface area contributed by atoms with Crippen molar-refractivity contribution in [2.45, 2.75) is 32.4 Å². The fraction of sp³-hybridized carbons (Fsp3) is 0.529. The Morgan fingerprint density at radius 2 is 2.04 bits per heavy atom. The molecule has 134 valence electrons. The Labute approximate surface area is 146 Å². The number of pyridine rings is 1. The van der Waals surface area contributed by atoms with E-state index in [1.54, 1.807) is 32.9 Å². The minimum Gasteiger partial charge on any atom is -0.464 e. The molecule has 1 aliphatic rings. The first-order chi connectivity index (χ1) is 11.7. The summed E-state index contributed by atoms with van der Waals surface area (Å²) < 4.78 is 9.98. The van der Waals surface area contributed by atoms with Crippen LogP contribution < -0.4 is 4.90 Å². The molecule has 1 saturated heterocycles. The van der Waals surface area contributed by atoms with Crippen molar-refractivity contribution < 1.29 is 19.1 Å². The minimum absolute atomic E-state index is 0.201. The number of amides is 1. The Kier molecular flexibility index (Phi) is 5.47. The first kappa shape index (κ1) is 18.5. The van der Waals surface area contributed by atoms with E-state index in [-0.39, 0.29) is 12.2 Å². The Morgan fingerprint density at radius 3 is 2.56 bits per heavy atom. The number of nitriles is 1. The van der Waals surface area contributed by atoms with Gasteiger partial charge >= 0.3 is 12.1 Å². The third kappa shape index (κ3) is 4.59. The summed E-state index contributed by atoms with van der Waals surface area (Å²) in [5, 5.41) is 9.47. The predicted molar refractivity (Wildman–Crippen MR) is 90.1 cm³/mol. The molecule has 0 aromatic carbocycles. The lowest BCUT2D eigenvalue weighted by atomic mass is 10.1. The van der Waals surface area contributed by atoms with Crippen LogP contribution in [0.2, 0.25) is 0 Å². The van der Waals surface area contributed by atoms with Crippen LogP contribution in [0.3, 0.4) is 0 Å². The molecule has 0 N–H and O–H groups in total. The van der Waals surface area contributed by atoms with Crippen molar-refractivity contribution in [3.05, 3.63) is 24.0 Å². The van der Waals surface area contributed by atoms with Gasteiger partial charge in [-0.05, 0) is 32.9 Å². The predicted octanol–water partition coefficient (Wildman–Crippen LogP) is 1.82. The van der Waals surface area contributed by atoms with Crippen LogP contribution in [0.5, 0.6) is 0 Å². The number of ether oxygens (including phenoxy) is 2. The van der Waals surface area contributed by atoms with Gasteiger partial charge in [0.2, 0.25) is 0 Å². The topological polar surface area (TPSA) is 95.8 Å². The molecule has 0 saturated carbocycles. The molecule has 1 aromatic rings. The summed E-state index contributed by atoms with van der Waals surface area (Å²) in [6, 6.07) is 4.95. The van der Waals surface area contributed by atoms with Crippen molar-refractivity contribution in [1.82, 2.24) is 9.88 Å². The molecule has 1 fully saturated rings. The van der Waals surface area contributed by atoms with Gasteiger partial charge in [0.1, 0.15) is 17.3 Å². The molecule has 0 spiro atoms. The van der Waals surface area contributed by atoms with Crippen molar-refractivity contribution in [3.8, 4) is 6.07 Å². The van der Waals surface area contributed by atoms with Crippen LogP contribution in [0, 0.1) is 11.3 Å². The second-order valence-electron chi connectivity index (χ2n) is 6.66. The number of carbonyl (C=O) groups is 2. The molecule has 0 aliphatic carbocycles. The number of anilines is 1. The average Bonchev–Trinajstić information content (AvgIpc) is 2.59. The van der Waals surface area contributed by atoms with E-state index >= 15 is 0 Å². The molecule has 0 radical (unpaired) electrons. The van der Waals surface area contributed by atoms with Crippen LogP contribution in [0.4, 0.5) is 10.5 Å². The van der Waals surface area contributed by atoms with E-state index in [0.29, 0.717) is 18.8 Å². The second kappa shape index (κ2) is 7.38. The number of piperazine rings is 1. The molecular weight excluding hydrogens is 324 g/mol. The average molecular weight is 346 g/mol. The molecule has 0 unspecified atom stereocenters. The summed E-state index contributed by atoms with van der Waals surface area (Å²) in [4.78, 5) is 31.1. The van der Waals surface area contributed by atoms with Crippen molar-refractivity contribution in [1.29, 1.82) is 5.26 Å². The highest BCUT2D eigenvalue weighted by atomic mass is 16.6. The smallest absolute Gasteiger partial charge is 0.410 e. The Morgan fingerprint density at radius 1 is 1.32 bits per heavy atom. The summed E-state index contributed by atoms with van der Waals surface area (Å²) in [6.45, 7) is 6.55. The van der Waals surface area contributed by atoms with E-state index in [1.165, 1.54) is 18.2 Å². The molecule has 0 bridgehead atoms. The number of aromatic nitrogens is 1. The lowest BCUT2D eigenvalue weighted by Gasteiger charge is -2.39. The zero-order valence-electron chi connectivity index (χ0n) is 14.9. The Balaban J connectivity index is 2.08. The van der Waals surface area contributed by atoms with E-state index in [9.17, 15) is 14.9 Å². The zero-order valence-corrected chi connectivity index (χ0v) is 14.9. The highest BCUT2D eigenvalue weighted by Gasteiger charge is 2.32. The SMILES string of the molecule is COC(=O)c1ccc(N2CCN(C(=O)OC(C)(C)C)C[C@H]2C#N)cn1. The van der Waals surface area contributed by atoms with Gasteiger partial charge in [-0.2, -0.15) is 5.26 Å². The molecule has 1 amide bonds. The Bertz CT molecular complexity index is 675. The largest absolute Gasteiger partial charge is 0.464 e. The summed E-state index contributed by atoms with van der Waals surface area (Å²) in [5.74, 6) is -0.516. The molecule has 8 heteroatoms. The number of methoxy groups -OCH3 is 1. The molecule has 1 aromatic heterocycles. The zero-order chi connectivity index (χ0) is 18.6. The van der Waals surface area contributed by atoms with Crippen LogP contribution >= 0.6 is 0 Å². The molecule has 1 aliphatic heterocycles. The van der Waals surface area contributed by atoms with Gasteiger partial charge in [-0.3, -0.25) is 0 Å². The van der Waals surface area contributed by atoms with Gasteiger partial charge in [0, 0.05) is 13.1 Å². The fourth-order valence-corrected chi connectivity index (χ4v) is 2.48. The minimum atomic E-state index is -0.579. The van der Waals surface area contributed by atoms with E-state index in [0.717, 1.165) is 0 Å². The molecule has 1 atom stereocenters. The lowest BCUT2D eigenvalue weighted by molar-refractivity contribution is 0.0226. The van der Waals surface area contributed by atoms with Crippen LogP contribution in [0.1, 0.15) is 31.3 Å². The first-order valence-electron chi connectivity index (χ1n) is 7.93. The van der Waals surface area contributed by atoms with Gasteiger partial charge in [-0.15, -0.1) is 0 Å². The Hall–Kier alpha value is -2.82. The van der Waals surface area contributed by atoms with Gasteiger partial charge < -0.3 is 19.3 Å². The number of carbonyl (C=O) groups excluding carboxylic acids is 2. The van der Waals surface area contributed by atoms with Gasteiger partial charge in [0.25, 0.3) is 0 Å². The number of hydrogen-bond acceptors (Lipinski definition) is 7. The van der Waals surface area contributed by atoms with E-state index in [4.69, 9.17) is 4.74 Å². The highest BCUT2D eigenvalue weighted by molar-refractivity contribution is 5.87. The third-order valence-corrected chi connectivity index (χ3v) is 3.66. The maximum absolute atomic E-state index is 12.2. The standard InChI is InChI=1S/C17H22N4O4/c1-17(2,3)25-16(23)20-7-8-21(13(9-18)11-20)12-5-6-14(19-10-12)15(22)24-4/h5-6,10,13H,7-8,11H2,1-4H3/t13-/m1/s1. The van der Waals surface area contributed by atoms with Gasteiger partial charge in [-0.25, -0.2) is 14.6 Å². The summed E-state index contributed by atoms with van der Waals surface area (Å²) in [5.41, 5.74) is 0.333. The summed E-state index contributed by atoms with van der Waals surface area (Å²) in [7, 11) is 1.29. The first-order valence-corrected chi connectivity index (χ1v) is 7.93. The third-order valence-electron chi connectivity index (χ3n) is 3.66. The molecule has 25 heavy (non-hydrogen) atoms. The van der Waals surface area contributed by atoms with E-state index in [1.807, 2.05) is 4.90 Å². The van der Waals surface area contributed by atoms with Crippen molar-refractivity contribution in [2.75, 3.05) is 31.6 Å². The van der Waals surface area contributed by atoms with Crippen LogP contribution in [0.15, 0.2) is 18.3 Å². The van der Waals surface area contributed by atoms with Crippen LogP contribution in [0.25, 0.3) is 0 Å². The molecule has 2 heterocycles. The number of esters is 1. The molecular formula is C17H22N4O4. The number of hydrogen-bond donors (Lipinski definition) is 0. The maximum Gasteiger partial charge on any atom is 0.410 e. The monoisotopic (exact) mass is 346 g/mol. The van der Waals surface area contributed by atoms with Gasteiger partial charge in [0.05, 0.1) is 31.6 Å². The highest BCUT2D eigenvalue weighted by Crippen LogP contribution is 2.21. The lowest BCUT2D eigenvalue weighted by Crippen LogP contribution is -2.55. The van der Waals surface area contributed by atoms with E-state index < -0.39 is 23.7 Å². The quantitative estimate of drug-likeness (QED) is 0.754.